The fraction of sp³-hybridized carbons (Fsp3) is 0.333. The zero-order valence-corrected chi connectivity index (χ0v) is 8.89. The summed E-state index contributed by atoms with van der Waals surface area (Å²) in [6.45, 7) is 1.44. The number of hydrogen-bond acceptors (Lipinski definition) is 3. The monoisotopic (exact) mass is 253 g/mol. The van der Waals surface area contributed by atoms with Gasteiger partial charge in [-0.1, -0.05) is 11.6 Å². The molecule has 1 rings (SSSR count). The first-order chi connectivity index (χ1) is 7.36. The lowest BCUT2D eigenvalue weighted by Crippen LogP contribution is -2.17. The van der Waals surface area contributed by atoms with Crippen LogP contribution in [0.1, 0.15) is 23.0 Å². The van der Waals surface area contributed by atoms with Crippen LogP contribution in [0.15, 0.2) is 12.1 Å². The minimum Gasteiger partial charge on any atom is -0.461 e. The lowest BCUT2D eigenvalue weighted by atomic mass is 10.2. The fourth-order valence-electron chi connectivity index (χ4n) is 1.02. The number of aromatic nitrogens is 1. The van der Waals surface area contributed by atoms with E-state index < -0.39 is 23.4 Å². The number of nitrogens with zero attached hydrogens (tertiary/aromatic N) is 1. The van der Waals surface area contributed by atoms with Gasteiger partial charge < -0.3 is 4.74 Å². The molecule has 1 aromatic heterocycles. The fourth-order valence-corrected chi connectivity index (χ4v) is 1.17. The molecule has 0 saturated heterocycles. The van der Waals surface area contributed by atoms with E-state index in [0.717, 1.165) is 6.07 Å². The average molecular weight is 254 g/mol. The lowest BCUT2D eigenvalue weighted by molar-refractivity contribution is -0.138. The summed E-state index contributed by atoms with van der Waals surface area (Å²) in [5, 5.41) is -0.198. The van der Waals surface area contributed by atoms with Crippen molar-refractivity contribution < 1.29 is 22.7 Å². The second kappa shape index (κ2) is 4.69. The van der Waals surface area contributed by atoms with E-state index in [1.54, 1.807) is 0 Å². The van der Waals surface area contributed by atoms with Crippen LogP contribution in [0.5, 0.6) is 0 Å². The van der Waals surface area contributed by atoms with Gasteiger partial charge in [0.1, 0.15) is 5.15 Å². The molecule has 16 heavy (non-hydrogen) atoms. The Hall–Kier alpha value is -1.30. The predicted molar refractivity (Wildman–Crippen MR) is 50.2 cm³/mol. The number of pyridine rings is 1. The molecule has 0 fully saturated rings. The van der Waals surface area contributed by atoms with Crippen molar-refractivity contribution in [3.8, 4) is 0 Å². The summed E-state index contributed by atoms with van der Waals surface area (Å²) in [5.74, 6) is -1.14. The number of alkyl halides is 3. The van der Waals surface area contributed by atoms with Crippen LogP contribution in [0.2, 0.25) is 5.15 Å². The number of halogens is 4. The first-order valence-electron chi connectivity index (χ1n) is 4.27. The van der Waals surface area contributed by atoms with Crippen molar-refractivity contribution >= 4 is 17.6 Å². The van der Waals surface area contributed by atoms with E-state index in [4.69, 9.17) is 11.6 Å². The van der Waals surface area contributed by atoms with Crippen molar-refractivity contribution in [3.05, 3.63) is 28.5 Å². The van der Waals surface area contributed by atoms with Gasteiger partial charge in [-0.2, -0.15) is 13.2 Å². The summed E-state index contributed by atoms with van der Waals surface area (Å²) in [4.78, 5) is 14.6. The average Bonchev–Trinajstić information content (AvgIpc) is 2.16. The molecule has 0 spiro atoms. The van der Waals surface area contributed by atoms with Crippen molar-refractivity contribution in [2.75, 3.05) is 6.61 Å². The van der Waals surface area contributed by atoms with E-state index in [-0.39, 0.29) is 11.8 Å². The number of carbonyl (C=O) groups is 1. The molecule has 1 aromatic rings. The van der Waals surface area contributed by atoms with Gasteiger partial charge in [0.15, 0.2) is 5.69 Å². The van der Waals surface area contributed by atoms with Gasteiger partial charge in [-0.3, -0.25) is 0 Å². The zero-order valence-electron chi connectivity index (χ0n) is 8.14. The van der Waals surface area contributed by atoms with E-state index in [9.17, 15) is 18.0 Å². The SMILES string of the molecule is CCOC(=O)c1nc(Cl)ccc1C(F)(F)F. The number of hydrogen-bond donors (Lipinski definition) is 0. The highest BCUT2D eigenvalue weighted by Gasteiger charge is 2.36. The third-order valence-corrected chi connectivity index (χ3v) is 1.85. The molecule has 1 heterocycles. The third-order valence-electron chi connectivity index (χ3n) is 1.64. The maximum atomic E-state index is 12.5. The van der Waals surface area contributed by atoms with Gasteiger partial charge in [-0.15, -0.1) is 0 Å². The largest absolute Gasteiger partial charge is 0.461 e. The Kier molecular flexibility index (Phi) is 3.74. The molecule has 7 heteroatoms. The minimum atomic E-state index is -4.67. The molecule has 0 amide bonds. The molecule has 0 radical (unpaired) electrons. The predicted octanol–water partition coefficient (Wildman–Crippen LogP) is 2.93. The quantitative estimate of drug-likeness (QED) is 0.601. The number of esters is 1. The summed E-state index contributed by atoms with van der Waals surface area (Å²) in [6, 6.07) is 1.66. The van der Waals surface area contributed by atoms with Crippen molar-refractivity contribution in [2.24, 2.45) is 0 Å². The maximum absolute atomic E-state index is 12.5. The number of ether oxygens (including phenoxy) is 1. The Morgan fingerprint density at radius 3 is 2.62 bits per heavy atom. The van der Waals surface area contributed by atoms with Gasteiger partial charge >= 0.3 is 12.1 Å². The van der Waals surface area contributed by atoms with Crippen LogP contribution in [0.3, 0.4) is 0 Å². The highest BCUT2D eigenvalue weighted by Crippen LogP contribution is 2.32. The first-order valence-corrected chi connectivity index (χ1v) is 4.65. The standard InChI is InChI=1S/C9H7ClF3NO2/c1-2-16-8(15)7-5(9(11,12)13)3-4-6(10)14-7/h3-4H,2H2,1H3. The molecular formula is C9H7ClF3NO2. The van der Waals surface area contributed by atoms with Crippen LogP contribution in [-0.4, -0.2) is 17.6 Å². The molecule has 3 nitrogen and oxygen atoms in total. The topological polar surface area (TPSA) is 39.2 Å². The molecule has 0 bridgehead atoms. The van der Waals surface area contributed by atoms with Crippen LogP contribution in [0.4, 0.5) is 13.2 Å². The van der Waals surface area contributed by atoms with Gasteiger partial charge in [0, 0.05) is 0 Å². The maximum Gasteiger partial charge on any atom is 0.418 e. The van der Waals surface area contributed by atoms with Gasteiger partial charge in [0.25, 0.3) is 0 Å². The zero-order chi connectivity index (χ0) is 12.3. The number of rotatable bonds is 2. The van der Waals surface area contributed by atoms with E-state index >= 15 is 0 Å². The Labute approximate surface area is 94.2 Å². The second-order valence-corrected chi connectivity index (χ2v) is 3.14. The molecule has 0 N–H and O–H groups in total. The van der Waals surface area contributed by atoms with Crippen molar-refractivity contribution in [3.63, 3.8) is 0 Å². The molecule has 88 valence electrons. The van der Waals surface area contributed by atoms with Gasteiger partial charge in [-0.25, -0.2) is 9.78 Å². The summed E-state index contributed by atoms with van der Waals surface area (Å²) in [6.07, 6.45) is -4.67. The van der Waals surface area contributed by atoms with Crippen LogP contribution >= 0.6 is 11.6 Å². The van der Waals surface area contributed by atoms with Crippen LogP contribution in [0, 0.1) is 0 Å². The van der Waals surface area contributed by atoms with Crippen molar-refractivity contribution in [1.29, 1.82) is 0 Å². The molecular weight excluding hydrogens is 247 g/mol. The Morgan fingerprint density at radius 2 is 2.12 bits per heavy atom. The molecule has 0 atom stereocenters. The van der Waals surface area contributed by atoms with Crippen molar-refractivity contribution in [1.82, 2.24) is 4.98 Å². The van der Waals surface area contributed by atoms with Crippen LogP contribution < -0.4 is 0 Å². The molecule has 0 saturated carbocycles. The molecule has 0 aliphatic heterocycles. The summed E-state index contributed by atoms with van der Waals surface area (Å²) in [7, 11) is 0. The van der Waals surface area contributed by atoms with Crippen molar-refractivity contribution in [2.45, 2.75) is 13.1 Å². The number of carbonyl (C=O) groups excluding carboxylic acids is 1. The second-order valence-electron chi connectivity index (χ2n) is 2.75. The smallest absolute Gasteiger partial charge is 0.418 e. The summed E-state index contributed by atoms with van der Waals surface area (Å²) < 4.78 is 41.9. The van der Waals surface area contributed by atoms with E-state index in [1.807, 2.05) is 0 Å². The lowest BCUT2D eigenvalue weighted by Gasteiger charge is -2.10. The normalized spacial score (nSPS) is 11.3. The van der Waals surface area contributed by atoms with E-state index in [1.165, 1.54) is 6.92 Å². The Morgan fingerprint density at radius 1 is 1.50 bits per heavy atom. The molecule has 0 aliphatic rings. The van der Waals surface area contributed by atoms with Gasteiger partial charge in [0.2, 0.25) is 0 Å². The summed E-state index contributed by atoms with van der Waals surface area (Å²) in [5.41, 5.74) is -1.97. The van der Waals surface area contributed by atoms with Gasteiger partial charge in [-0.05, 0) is 19.1 Å². The molecule has 0 unspecified atom stereocenters. The van der Waals surface area contributed by atoms with E-state index in [2.05, 4.69) is 9.72 Å². The van der Waals surface area contributed by atoms with E-state index in [0.29, 0.717) is 6.07 Å². The van der Waals surface area contributed by atoms with Crippen LogP contribution in [0.25, 0.3) is 0 Å². The highest BCUT2D eigenvalue weighted by molar-refractivity contribution is 6.29. The Bertz CT molecular complexity index is 406. The minimum absolute atomic E-state index is 0.0374. The molecule has 0 aliphatic carbocycles. The first kappa shape index (κ1) is 12.8. The highest BCUT2D eigenvalue weighted by atomic mass is 35.5. The van der Waals surface area contributed by atoms with Crippen LogP contribution in [-0.2, 0) is 10.9 Å². The van der Waals surface area contributed by atoms with Gasteiger partial charge in [0.05, 0.1) is 12.2 Å². The summed E-state index contributed by atoms with van der Waals surface area (Å²) >= 11 is 5.42. The Balaban J connectivity index is 3.24. The third kappa shape index (κ3) is 2.85. The molecule has 0 aromatic carbocycles.